The van der Waals surface area contributed by atoms with E-state index in [0.717, 1.165) is 16.7 Å². The van der Waals surface area contributed by atoms with E-state index in [4.69, 9.17) is 4.42 Å². The molecule has 8 heteroatoms. The first-order chi connectivity index (χ1) is 13.2. The van der Waals surface area contributed by atoms with Gasteiger partial charge in [-0.15, -0.1) is 10.2 Å². The number of carbonyl (C=O) groups excluding carboxylic acids is 1. The van der Waals surface area contributed by atoms with Crippen LogP contribution in [-0.2, 0) is 11.3 Å². The van der Waals surface area contributed by atoms with Gasteiger partial charge in [-0.05, 0) is 23.3 Å². The number of benzene rings is 1. The number of nitrogens with zero attached hydrogens (tertiary/aromatic N) is 4. The molecule has 7 nitrogen and oxygen atoms in total. The van der Waals surface area contributed by atoms with Crippen molar-refractivity contribution in [3.05, 3.63) is 59.9 Å². The molecule has 1 aromatic carbocycles. The van der Waals surface area contributed by atoms with E-state index in [1.54, 1.807) is 29.4 Å². The molecule has 1 N–H and O–H groups in total. The molecule has 0 aliphatic carbocycles. The Morgan fingerprint density at radius 3 is 2.89 bits per heavy atom. The first-order valence-corrected chi connectivity index (χ1v) is 9.59. The Balaban J connectivity index is 1.31. The van der Waals surface area contributed by atoms with Gasteiger partial charge in [-0.2, -0.15) is 0 Å². The lowest BCUT2D eigenvalue weighted by Crippen LogP contribution is -2.38. The lowest BCUT2D eigenvalue weighted by Gasteiger charge is -2.32. The summed E-state index contributed by atoms with van der Waals surface area (Å²) < 4.78 is 5.61. The molecule has 1 aliphatic rings. The van der Waals surface area contributed by atoms with Crippen LogP contribution in [0.15, 0.2) is 58.4 Å². The minimum Gasteiger partial charge on any atom is -0.411 e. The molecule has 0 bridgehead atoms. The van der Waals surface area contributed by atoms with Crippen molar-refractivity contribution in [3.63, 3.8) is 0 Å². The molecule has 3 aromatic rings. The maximum absolute atomic E-state index is 12.5. The van der Waals surface area contributed by atoms with Crippen molar-refractivity contribution in [3.8, 4) is 11.5 Å². The van der Waals surface area contributed by atoms with E-state index in [0.29, 0.717) is 36.4 Å². The van der Waals surface area contributed by atoms with Crippen LogP contribution < -0.4 is 0 Å². The van der Waals surface area contributed by atoms with Crippen LogP contribution in [0.2, 0.25) is 0 Å². The van der Waals surface area contributed by atoms with Crippen molar-refractivity contribution in [2.45, 2.75) is 24.3 Å². The second-order valence-electron chi connectivity index (χ2n) is 6.20. The second-order valence-corrected chi connectivity index (χ2v) is 7.24. The third-order valence-electron chi connectivity index (χ3n) is 4.40. The number of thioether (sulfide) groups is 1. The first-order valence-electron chi connectivity index (χ1n) is 8.61. The number of pyridine rings is 1. The van der Waals surface area contributed by atoms with Crippen LogP contribution in [0.5, 0.6) is 0 Å². The molecule has 4 rings (SSSR count). The van der Waals surface area contributed by atoms with Crippen LogP contribution in [0.25, 0.3) is 11.5 Å². The highest BCUT2D eigenvalue weighted by Gasteiger charge is 2.26. The maximum Gasteiger partial charge on any atom is 0.276 e. The number of aliphatic hydroxyl groups excluding tert-OH is 1. The molecule has 1 amide bonds. The van der Waals surface area contributed by atoms with Gasteiger partial charge in [0.25, 0.3) is 5.22 Å². The molecule has 0 fully saturated rings. The molecule has 2 aromatic heterocycles. The van der Waals surface area contributed by atoms with E-state index in [1.807, 2.05) is 24.3 Å². The Morgan fingerprint density at radius 1 is 1.22 bits per heavy atom. The summed E-state index contributed by atoms with van der Waals surface area (Å²) in [5, 5.41) is 18.7. The van der Waals surface area contributed by atoms with Crippen LogP contribution in [-0.4, -0.2) is 43.4 Å². The summed E-state index contributed by atoms with van der Waals surface area (Å²) >= 11 is 1.35. The van der Waals surface area contributed by atoms with Gasteiger partial charge in [0.15, 0.2) is 0 Å². The van der Waals surface area contributed by atoms with E-state index < -0.39 is 6.10 Å². The van der Waals surface area contributed by atoms with Gasteiger partial charge in [0.1, 0.15) is 0 Å². The Bertz CT molecular complexity index is 931. The molecule has 27 heavy (non-hydrogen) atoms. The Kier molecular flexibility index (Phi) is 5.17. The predicted octanol–water partition coefficient (Wildman–Crippen LogP) is 2.69. The van der Waals surface area contributed by atoms with Gasteiger partial charge in [-0.3, -0.25) is 9.78 Å². The van der Waals surface area contributed by atoms with Crippen LogP contribution in [0.4, 0.5) is 0 Å². The third-order valence-corrected chi connectivity index (χ3v) is 5.22. The van der Waals surface area contributed by atoms with Gasteiger partial charge >= 0.3 is 0 Å². The number of aromatic nitrogens is 3. The van der Waals surface area contributed by atoms with Crippen LogP contribution in [0, 0.1) is 0 Å². The minimum absolute atomic E-state index is 0.00456. The fourth-order valence-electron chi connectivity index (χ4n) is 3.03. The van der Waals surface area contributed by atoms with Crippen molar-refractivity contribution in [2.24, 2.45) is 0 Å². The van der Waals surface area contributed by atoms with Crippen molar-refractivity contribution < 1.29 is 14.3 Å². The van der Waals surface area contributed by atoms with Crippen molar-refractivity contribution >= 4 is 17.7 Å². The molecule has 0 radical (unpaired) electrons. The Labute approximate surface area is 160 Å². The molecule has 1 atom stereocenters. The number of hydrogen-bond acceptors (Lipinski definition) is 7. The number of rotatable bonds is 5. The van der Waals surface area contributed by atoms with Gasteiger partial charge in [-0.25, -0.2) is 0 Å². The number of hydrogen-bond donors (Lipinski definition) is 1. The third kappa shape index (κ3) is 4.01. The fraction of sp³-hybridized carbons (Fsp3) is 0.263. The van der Waals surface area contributed by atoms with Gasteiger partial charge < -0.3 is 14.4 Å². The van der Waals surface area contributed by atoms with Gasteiger partial charge in [0.2, 0.25) is 11.8 Å². The Morgan fingerprint density at radius 2 is 2.04 bits per heavy atom. The summed E-state index contributed by atoms with van der Waals surface area (Å²) in [5.41, 5.74) is 2.71. The summed E-state index contributed by atoms with van der Waals surface area (Å²) in [7, 11) is 0. The summed E-state index contributed by atoms with van der Waals surface area (Å²) in [6.07, 6.45) is 3.03. The molecule has 3 heterocycles. The maximum atomic E-state index is 12.5. The molecular formula is C19H18N4O3S. The van der Waals surface area contributed by atoms with Crippen LogP contribution in [0.3, 0.4) is 0 Å². The number of carbonyl (C=O) groups is 1. The number of aliphatic hydroxyl groups is 1. The lowest BCUT2D eigenvalue weighted by atomic mass is 9.97. The monoisotopic (exact) mass is 382 g/mol. The van der Waals surface area contributed by atoms with Crippen molar-refractivity contribution in [2.75, 3.05) is 12.3 Å². The van der Waals surface area contributed by atoms with Gasteiger partial charge in [-0.1, -0.05) is 36.0 Å². The summed E-state index contributed by atoms with van der Waals surface area (Å²) in [6.45, 7) is 0.858. The average Bonchev–Trinajstić information content (AvgIpc) is 3.17. The molecule has 0 saturated heterocycles. The van der Waals surface area contributed by atoms with Crippen molar-refractivity contribution in [1.29, 1.82) is 0 Å². The summed E-state index contributed by atoms with van der Waals surface area (Å²) in [4.78, 5) is 18.2. The van der Waals surface area contributed by atoms with E-state index >= 15 is 0 Å². The smallest absolute Gasteiger partial charge is 0.276 e. The molecular weight excluding hydrogens is 364 g/mol. The SMILES string of the molecule is O=C(CCSc1nnc(-c2ccncc2)o1)N1Cc2ccccc2[C@@H](O)C1. The molecule has 0 spiro atoms. The summed E-state index contributed by atoms with van der Waals surface area (Å²) in [5.74, 6) is 0.970. The topological polar surface area (TPSA) is 92.3 Å². The second kappa shape index (κ2) is 7.89. The van der Waals surface area contributed by atoms with E-state index in [1.165, 1.54) is 11.8 Å². The van der Waals surface area contributed by atoms with Gasteiger partial charge in [0, 0.05) is 36.7 Å². The number of β-amino-alcohol motifs (C(OH)–C–C–N with tert-alkyl or cyclic N) is 1. The number of amides is 1. The zero-order valence-electron chi connectivity index (χ0n) is 14.5. The average molecular weight is 382 g/mol. The molecule has 1 aliphatic heterocycles. The zero-order chi connectivity index (χ0) is 18.6. The first kappa shape index (κ1) is 17.7. The zero-order valence-corrected chi connectivity index (χ0v) is 15.3. The molecule has 0 unspecified atom stereocenters. The lowest BCUT2D eigenvalue weighted by molar-refractivity contribution is -0.133. The predicted molar refractivity (Wildman–Crippen MR) is 99.7 cm³/mol. The highest BCUT2D eigenvalue weighted by Crippen LogP contribution is 2.27. The highest BCUT2D eigenvalue weighted by molar-refractivity contribution is 7.99. The van der Waals surface area contributed by atoms with E-state index in [9.17, 15) is 9.90 Å². The van der Waals surface area contributed by atoms with Gasteiger partial charge in [0.05, 0.1) is 12.6 Å². The Hall–Kier alpha value is -2.71. The van der Waals surface area contributed by atoms with Crippen LogP contribution >= 0.6 is 11.8 Å². The minimum atomic E-state index is -0.634. The largest absolute Gasteiger partial charge is 0.411 e. The highest BCUT2D eigenvalue weighted by atomic mass is 32.2. The molecule has 138 valence electrons. The standard InChI is InChI=1S/C19H18N4O3S/c24-16-12-23(11-14-3-1-2-4-15(14)16)17(25)7-10-27-19-22-21-18(26-19)13-5-8-20-9-6-13/h1-6,8-9,16,24H,7,10-12H2/t16-/m0/s1. The number of fused-ring (bicyclic) bond motifs is 1. The van der Waals surface area contributed by atoms with Crippen molar-refractivity contribution in [1.82, 2.24) is 20.1 Å². The van der Waals surface area contributed by atoms with Crippen LogP contribution in [0.1, 0.15) is 23.7 Å². The molecule has 0 saturated carbocycles. The quantitative estimate of drug-likeness (QED) is 0.678. The fourth-order valence-corrected chi connectivity index (χ4v) is 3.72. The summed E-state index contributed by atoms with van der Waals surface area (Å²) in [6, 6.07) is 11.3. The van der Waals surface area contributed by atoms with E-state index in [2.05, 4.69) is 15.2 Å². The normalized spacial score (nSPS) is 16.2. The van der Waals surface area contributed by atoms with E-state index in [-0.39, 0.29) is 5.91 Å².